The lowest BCUT2D eigenvalue weighted by atomic mass is 10.1. The Hall–Kier alpha value is -2.37. The molecular formula is C12H12O6. The fourth-order valence-electron chi connectivity index (χ4n) is 1.25. The van der Waals surface area contributed by atoms with Crippen molar-refractivity contribution in [1.29, 1.82) is 0 Å². The zero-order chi connectivity index (χ0) is 13.5. The van der Waals surface area contributed by atoms with E-state index in [9.17, 15) is 14.4 Å². The van der Waals surface area contributed by atoms with E-state index in [1.807, 2.05) is 0 Å². The van der Waals surface area contributed by atoms with Gasteiger partial charge in [0, 0.05) is 0 Å². The summed E-state index contributed by atoms with van der Waals surface area (Å²) in [7, 11) is 0. The standard InChI is InChI=1S/C12H12O6/c1-2-17-11(15)8-5-3-4-6-9(8)12(16)18-7-10(13)14/h3-6H,2,7H2,1H3,(H,13,14). The highest BCUT2D eigenvalue weighted by molar-refractivity contribution is 6.03. The predicted molar refractivity (Wildman–Crippen MR) is 60.3 cm³/mol. The van der Waals surface area contributed by atoms with Gasteiger partial charge in [-0.25, -0.2) is 14.4 Å². The summed E-state index contributed by atoms with van der Waals surface area (Å²) >= 11 is 0. The Morgan fingerprint density at radius 2 is 1.56 bits per heavy atom. The number of aliphatic carboxylic acids is 1. The number of carbonyl (C=O) groups is 3. The van der Waals surface area contributed by atoms with Gasteiger partial charge in [0.2, 0.25) is 0 Å². The van der Waals surface area contributed by atoms with Gasteiger partial charge in [0.05, 0.1) is 17.7 Å². The Balaban J connectivity index is 2.91. The number of benzene rings is 1. The van der Waals surface area contributed by atoms with Crippen molar-refractivity contribution in [3.63, 3.8) is 0 Å². The zero-order valence-corrected chi connectivity index (χ0v) is 9.71. The first-order chi connectivity index (χ1) is 8.56. The van der Waals surface area contributed by atoms with Crippen LogP contribution >= 0.6 is 0 Å². The van der Waals surface area contributed by atoms with Crippen LogP contribution in [0.5, 0.6) is 0 Å². The third kappa shape index (κ3) is 3.58. The van der Waals surface area contributed by atoms with E-state index < -0.39 is 24.5 Å². The SMILES string of the molecule is CCOC(=O)c1ccccc1C(=O)OCC(=O)O. The van der Waals surface area contributed by atoms with E-state index in [0.717, 1.165) is 0 Å². The average molecular weight is 252 g/mol. The molecule has 1 aromatic carbocycles. The maximum Gasteiger partial charge on any atom is 0.341 e. The molecule has 0 saturated carbocycles. The van der Waals surface area contributed by atoms with Gasteiger partial charge in [-0.3, -0.25) is 0 Å². The summed E-state index contributed by atoms with van der Waals surface area (Å²) in [6.07, 6.45) is 0. The molecule has 0 radical (unpaired) electrons. The second kappa shape index (κ2) is 6.39. The molecule has 0 aromatic heterocycles. The number of hydrogen-bond acceptors (Lipinski definition) is 5. The van der Waals surface area contributed by atoms with E-state index in [1.54, 1.807) is 19.1 Å². The minimum absolute atomic E-state index is 0.0165. The molecule has 18 heavy (non-hydrogen) atoms. The summed E-state index contributed by atoms with van der Waals surface area (Å²) in [4.78, 5) is 33.4. The minimum Gasteiger partial charge on any atom is -0.479 e. The molecule has 0 aliphatic rings. The second-order valence-corrected chi connectivity index (χ2v) is 3.24. The Bertz CT molecular complexity index is 465. The van der Waals surface area contributed by atoms with Gasteiger partial charge < -0.3 is 14.6 Å². The molecule has 0 aliphatic heterocycles. The topological polar surface area (TPSA) is 89.9 Å². The summed E-state index contributed by atoms with van der Waals surface area (Å²) in [5.74, 6) is -2.79. The molecule has 0 aliphatic carbocycles. The highest BCUT2D eigenvalue weighted by Gasteiger charge is 2.19. The zero-order valence-electron chi connectivity index (χ0n) is 9.71. The lowest BCUT2D eigenvalue weighted by Crippen LogP contribution is -2.17. The molecule has 0 fully saturated rings. The number of rotatable bonds is 5. The summed E-state index contributed by atoms with van der Waals surface area (Å²) in [5, 5.41) is 8.40. The van der Waals surface area contributed by atoms with Crippen LogP contribution in [0.1, 0.15) is 27.6 Å². The van der Waals surface area contributed by atoms with Crippen LogP contribution in [-0.2, 0) is 14.3 Å². The van der Waals surface area contributed by atoms with Gasteiger partial charge in [-0.15, -0.1) is 0 Å². The van der Waals surface area contributed by atoms with Crippen molar-refractivity contribution in [2.24, 2.45) is 0 Å². The van der Waals surface area contributed by atoms with Crippen molar-refractivity contribution in [2.75, 3.05) is 13.2 Å². The monoisotopic (exact) mass is 252 g/mol. The number of ether oxygens (including phenoxy) is 2. The van der Waals surface area contributed by atoms with Gasteiger partial charge in [0.1, 0.15) is 0 Å². The van der Waals surface area contributed by atoms with Crippen LogP contribution in [0, 0.1) is 0 Å². The lowest BCUT2D eigenvalue weighted by molar-refractivity contribution is -0.140. The fraction of sp³-hybridized carbons (Fsp3) is 0.250. The van der Waals surface area contributed by atoms with Gasteiger partial charge >= 0.3 is 17.9 Å². The van der Waals surface area contributed by atoms with Gasteiger partial charge in [0.25, 0.3) is 0 Å². The lowest BCUT2D eigenvalue weighted by Gasteiger charge is -2.07. The Labute approximate surface area is 103 Å². The second-order valence-electron chi connectivity index (χ2n) is 3.24. The van der Waals surface area contributed by atoms with Gasteiger partial charge in [-0.05, 0) is 19.1 Å². The van der Waals surface area contributed by atoms with Crippen molar-refractivity contribution in [2.45, 2.75) is 6.92 Å². The van der Waals surface area contributed by atoms with Crippen LogP contribution in [0.25, 0.3) is 0 Å². The largest absolute Gasteiger partial charge is 0.479 e. The number of carboxylic acid groups (broad SMARTS) is 1. The number of carbonyl (C=O) groups excluding carboxylic acids is 2. The molecule has 96 valence electrons. The maximum absolute atomic E-state index is 11.6. The van der Waals surface area contributed by atoms with E-state index in [-0.39, 0.29) is 17.7 Å². The van der Waals surface area contributed by atoms with Crippen molar-refractivity contribution in [3.8, 4) is 0 Å². The molecule has 0 saturated heterocycles. The predicted octanol–water partition coefficient (Wildman–Crippen LogP) is 1.10. The molecule has 0 spiro atoms. The third-order valence-corrected chi connectivity index (χ3v) is 1.97. The summed E-state index contributed by atoms with van der Waals surface area (Å²) in [6, 6.07) is 5.89. The number of esters is 2. The van der Waals surface area contributed by atoms with Crippen LogP contribution in [-0.4, -0.2) is 36.2 Å². The summed E-state index contributed by atoms with van der Waals surface area (Å²) in [6.45, 7) is 1.07. The molecule has 0 heterocycles. The third-order valence-electron chi connectivity index (χ3n) is 1.97. The Kier molecular flexibility index (Phi) is 4.86. The Morgan fingerprint density at radius 3 is 2.00 bits per heavy atom. The number of hydrogen-bond donors (Lipinski definition) is 1. The smallest absolute Gasteiger partial charge is 0.341 e. The van der Waals surface area contributed by atoms with Crippen molar-refractivity contribution < 1.29 is 29.0 Å². The van der Waals surface area contributed by atoms with E-state index in [2.05, 4.69) is 4.74 Å². The van der Waals surface area contributed by atoms with Gasteiger partial charge in [0.15, 0.2) is 6.61 Å². The van der Waals surface area contributed by atoms with Crippen LogP contribution < -0.4 is 0 Å². The molecule has 0 bridgehead atoms. The first kappa shape index (κ1) is 13.7. The van der Waals surface area contributed by atoms with Crippen LogP contribution in [0.2, 0.25) is 0 Å². The summed E-state index contributed by atoms with van der Waals surface area (Å²) in [5.41, 5.74) is 0.0342. The van der Waals surface area contributed by atoms with Gasteiger partial charge in [-0.2, -0.15) is 0 Å². The molecule has 0 atom stereocenters. The molecule has 1 N–H and O–H groups in total. The van der Waals surface area contributed by atoms with Crippen molar-refractivity contribution in [3.05, 3.63) is 35.4 Å². The molecule has 1 aromatic rings. The molecule has 0 unspecified atom stereocenters. The van der Waals surface area contributed by atoms with Crippen LogP contribution in [0.3, 0.4) is 0 Å². The highest BCUT2D eigenvalue weighted by atomic mass is 16.6. The van der Waals surface area contributed by atoms with Crippen molar-refractivity contribution >= 4 is 17.9 Å². The van der Waals surface area contributed by atoms with Crippen LogP contribution in [0.15, 0.2) is 24.3 Å². The summed E-state index contributed by atoms with van der Waals surface area (Å²) < 4.78 is 9.29. The average Bonchev–Trinajstić information content (AvgIpc) is 2.36. The molecule has 6 nitrogen and oxygen atoms in total. The first-order valence-electron chi connectivity index (χ1n) is 5.21. The maximum atomic E-state index is 11.6. The van der Waals surface area contributed by atoms with E-state index >= 15 is 0 Å². The minimum atomic E-state index is -1.27. The molecular weight excluding hydrogens is 240 g/mol. The Morgan fingerprint density at radius 1 is 1.06 bits per heavy atom. The normalized spacial score (nSPS) is 9.61. The van der Waals surface area contributed by atoms with E-state index in [1.165, 1.54) is 12.1 Å². The van der Waals surface area contributed by atoms with Crippen LogP contribution in [0.4, 0.5) is 0 Å². The molecule has 6 heteroatoms. The van der Waals surface area contributed by atoms with E-state index in [4.69, 9.17) is 9.84 Å². The first-order valence-corrected chi connectivity index (χ1v) is 5.21. The van der Waals surface area contributed by atoms with Crippen molar-refractivity contribution in [1.82, 2.24) is 0 Å². The van der Waals surface area contributed by atoms with Gasteiger partial charge in [-0.1, -0.05) is 12.1 Å². The molecule has 0 amide bonds. The fourth-order valence-corrected chi connectivity index (χ4v) is 1.25. The highest BCUT2D eigenvalue weighted by Crippen LogP contribution is 2.11. The van der Waals surface area contributed by atoms with E-state index in [0.29, 0.717) is 0 Å². The molecule has 1 rings (SSSR count). The number of carboxylic acids is 1. The quantitative estimate of drug-likeness (QED) is 0.789.